The lowest BCUT2D eigenvalue weighted by Gasteiger charge is -2.09. The van der Waals surface area contributed by atoms with E-state index in [1.165, 1.54) is 15.3 Å². The first-order valence-electron chi connectivity index (χ1n) is 5.91. The number of nitrogens with one attached hydrogen (secondary N) is 1. The Kier molecular flexibility index (Phi) is 3.69. The molecule has 0 fully saturated rings. The van der Waals surface area contributed by atoms with Crippen LogP contribution in [0.1, 0.15) is 26.4 Å². The number of rotatable bonds is 3. The van der Waals surface area contributed by atoms with Crippen molar-refractivity contribution in [2.24, 2.45) is 0 Å². The van der Waals surface area contributed by atoms with E-state index in [1.54, 1.807) is 0 Å². The molecule has 0 radical (unpaired) electrons. The lowest BCUT2D eigenvalue weighted by molar-refractivity contribution is 1.13. The van der Waals surface area contributed by atoms with Gasteiger partial charge in [-0.15, -0.1) is 11.3 Å². The van der Waals surface area contributed by atoms with Gasteiger partial charge >= 0.3 is 0 Å². The fourth-order valence-corrected chi connectivity index (χ4v) is 2.96. The summed E-state index contributed by atoms with van der Waals surface area (Å²) in [6, 6.07) is 10.4. The molecule has 0 atom stereocenters. The fraction of sp³-hybridized carbons (Fsp3) is 0.267. The van der Waals surface area contributed by atoms with E-state index in [9.17, 15) is 0 Å². The van der Waals surface area contributed by atoms with Gasteiger partial charge in [0.15, 0.2) is 0 Å². The second-order valence-corrected chi connectivity index (χ2v) is 5.86. The highest BCUT2D eigenvalue weighted by atomic mass is 32.1. The van der Waals surface area contributed by atoms with Gasteiger partial charge in [0.2, 0.25) is 0 Å². The Morgan fingerprint density at radius 1 is 1.28 bits per heavy atom. The molecule has 1 N–H and O–H groups in total. The molecule has 0 unspecified atom stereocenters. The molecule has 1 aromatic carbocycles. The standard InChI is InChI=1S/C15H16N2S/c1-10-5-4-6-15(14(10)8-16)17-9-13-7-11(2)18-12(13)3/h4-7,17H,9H2,1-3H3. The maximum Gasteiger partial charge on any atom is 0.102 e. The number of hydrogen-bond donors (Lipinski definition) is 1. The molecule has 1 heterocycles. The van der Waals surface area contributed by atoms with Gasteiger partial charge in [0.1, 0.15) is 6.07 Å². The normalized spacial score (nSPS) is 10.1. The van der Waals surface area contributed by atoms with Gasteiger partial charge in [-0.3, -0.25) is 0 Å². The Labute approximate surface area is 112 Å². The maximum atomic E-state index is 9.17. The average molecular weight is 256 g/mol. The molecular formula is C15H16N2S. The summed E-state index contributed by atoms with van der Waals surface area (Å²) in [5.74, 6) is 0. The molecule has 0 saturated carbocycles. The number of nitriles is 1. The summed E-state index contributed by atoms with van der Waals surface area (Å²) >= 11 is 1.81. The molecule has 2 rings (SSSR count). The van der Waals surface area contributed by atoms with Crippen LogP contribution in [0.15, 0.2) is 24.3 Å². The first kappa shape index (κ1) is 12.7. The SMILES string of the molecule is Cc1cc(CNc2cccc(C)c2C#N)c(C)s1. The van der Waals surface area contributed by atoms with Crippen LogP contribution in [-0.4, -0.2) is 0 Å². The van der Waals surface area contributed by atoms with Crippen molar-refractivity contribution in [3.8, 4) is 6.07 Å². The number of benzene rings is 1. The lowest BCUT2D eigenvalue weighted by atomic mass is 10.1. The van der Waals surface area contributed by atoms with Gasteiger partial charge in [-0.1, -0.05) is 12.1 Å². The predicted octanol–water partition coefficient (Wildman–Crippen LogP) is 4.16. The van der Waals surface area contributed by atoms with E-state index in [2.05, 4.69) is 31.3 Å². The molecule has 0 bridgehead atoms. The van der Waals surface area contributed by atoms with Gasteiger partial charge in [0.05, 0.1) is 11.3 Å². The summed E-state index contributed by atoms with van der Waals surface area (Å²) in [5, 5.41) is 12.5. The van der Waals surface area contributed by atoms with Crippen molar-refractivity contribution >= 4 is 17.0 Å². The minimum atomic E-state index is 0.738. The largest absolute Gasteiger partial charge is 0.380 e. The zero-order chi connectivity index (χ0) is 13.1. The Balaban J connectivity index is 2.19. The second-order valence-electron chi connectivity index (χ2n) is 4.40. The highest BCUT2D eigenvalue weighted by Gasteiger charge is 2.06. The smallest absolute Gasteiger partial charge is 0.102 e. The van der Waals surface area contributed by atoms with Crippen molar-refractivity contribution in [1.82, 2.24) is 0 Å². The monoisotopic (exact) mass is 256 g/mol. The molecular weight excluding hydrogens is 240 g/mol. The van der Waals surface area contributed by atoms with Crippen LogP contribution in [0.4, 0.5) is 5.69 Å². The van der Waals surface area contributed by atoms with Crippen LogP contribution in [0.25, 0.3) is 0 Å². The van der Waals surface area contributed by atoms with E-state index >= 15 is 0 Å². The molecule has 18 heavy (non-hydrogen) atoms. The maximum absolute atomic E-state index is 9.17. The molecule has 3 heteroatoms. The zero-order valence-electron chi connectivity index (χ0n) is 10.9. The Bertz CT molecular complexity index is 605. The van der Waals surface area contributed by atoms with E-state index in [4.69, 9.17) is 5.26 Å². The van der Waals surface area contributed by atoms with E-state index < -0.39 is 0 Å². The van der Waals surface area contributed by atoms with Gasteiger partial charge in [0, 0.05) is 16.3 Å². The predicted molar refractivity (Wildman–Crippen MR) is 77.0 cm³/mol. The first-order chi connectivity index (χ1) is 8.61. The summed E-state index contributed by atoms with van der Waals surface area (Å²) < 4.78 is 0. The Morgan fingerprint density at radius 3 is 2.67 bits per heavy atom. The third-order valence-electron chi connectivity index (χ3n) is 3.00. The van der Waals surface area contributed by atoms with Crippen molar-refractivity contribution in [1.29, 1.82) is 5.26 Å². The molecule has 0 aliphatic heterocycles. The minimum absolute atomic E-state index is 0.738. The number of aryl methyl sites for hydroxylation is 3. The molecule has 2 aromatic rings. The highest BCUT2D eigenvalue weighted by molar-refractivity contribution is 7.12. The third-order valence-corrected chi connectivity index (χ3v) is 4.01. The van der Waals surface area contributed by atoms with Crippen LogP contribution in [-0.2, 0) is 6.54 Å². The van der Waals surface area contributed by atoms with Gasteiger partial charge < -0.3 is 5.32 Å². The van der Waals surface area contributed by atoms with Crippen LogP contribution in [0, 0.1) is 32.1 Å². The molecule has 2 nitrogen and oxygen atoms in total. The molecule has 1 aromatic heterocycles. The fourth-order valence-electron chi connectivity index (χ4n) is 2.01. The van der Waals surface area contributed by atoms with Crippen molar-refractivity contribution in [3.05, 3.63) is 50.7 Å². The highest BCUT2D eigenvalue weighted by Crippen LogP contribution is 2.23. The molecule has 92 valence electrons. The van der Waals surface area contributed by atoms with Crippen molar-refractivity contribution in [3.63, 3.8) is 0 Å². The molecule has 0 spiro atoms. The van der Waals surface area contributed by atoms with E-state index in [-0.39, 0.29) is 0 Å². The topological polar surface area (TPSA) is 35.8 Å². The molecule has 0 amide bonds. The molecule has 0 aliphatic carbocycles. The summed E-state index contributed by atoms with van der Waals surface area (Å²) in [6.07, 6.45) is 0. The molecule has 0 saturated heterocycles. The Morgan fingerprint density at radius 2 is 2.06 bits per heavy atom. The quantitative estimate of drug-likeness (QED) is 0.895. The van der Waals surface area contributed by atoms with Crippen LogP contribution >= 0.6 is 11.3 Å². The van der Waals surface area contributed by atoms with E-state index in [1.807, 2.05) is 36.5 Å². The van der Waals surface area contributed by atoms with E-state index in [0.717, 1.165) is 23.4 Å². The number of thiophene rings is 1. The summed E-state index contributed by atoms with van der Waals surface area (Å²) in [7, 11) is 0. The van der Waals surface area contributed by atoms with Gasteiger partial charge in [0.25, 0.3) is 0 Å². The van der Waals surface area contributed by atoms with Crippen LogP contribution in [0.3, 0.4) is 0 Å². The average Bonchev–Trinajstić information content (AvgIpc) is 2.65. The Hall–Kier alpha value is -1.79. The number of anilines is 1. The van der Waals surface area contributed by atoms with Crippen LogP contribution in [0.5, 0.6) is 0 Å². The van der Waals surface area contributed by atoms with Crippen molar-refractivity contribution < 1.29 is 0 Å². The van der Waals surface area contributed by atoms with Gasteiger partial charge in [-0.05, 0) is 44.0 Å². The first-order valence-corrected chi connectivity index (χ1v) is 6.73. The van der Waals surface area contributed by atoms with Gasteiger partial charge in [-0.25, -0.2) is 0 Å². The number of nitrogens with zero attached hydrogens (tertiary/aromatic N) is 1. The second kappa shape index (κ2) is 5.24. The van der Waals surface area contributed by atoms with Gasteiger partial charge in [-0.2, -0.15) is 5.26 Å². The summed E-state index contributed by atoms with van der Waals surface area (Å²) in [6.45, 7) is 6.99. The van der Waals surface area contributed by atoms with Crippen molar-refractivity contribution in [2.75, 3.05) is 5.32 Å². The summed E-state index contributed by atoms with van der Waals surface area (Å²) in [5.41, 5.74) is 3.98. The minimum Gasteiger partial charge on any atom is -0.380 e. The van der Waals surface area contributed by atoms with E-state index in [0.29, 0.717) is 0 Å². The number of hydrogen-bond acceptors (Lipinski definition) is 3. The van der Waals surface area contributed by atoms with Crippen molar-refractivity contribution in [2.45, 2.75) is 27.3 Å². The van der Waals surface area contributed by atoms with Crippen LogP contribution < -0.4 is 5.32 Å². The lowest BCUT2D eigenvalue weighted by Crippen LogP contribution is -2.02. The van der Waals surface area contributed by atoms with Crippen LogP contribution in [0.2, 0.25) is 0 Å². The summed E-state index contributed by atoms with van der Waals surface area (Å²) in [4.78, 5) is 2.67. The molecule has 0 aliphatic rings. The zero-order valence-corrected chi connectivity index (χ0v) is 11.7. The third kappa shape index (κ3) is 2.55.